The van der Waals surface area contributed by atoms with Crippen molar-refractivity contribution in [1.29, 1.82) is 0 Å². The number of hydrogen-bond donors (Lipinski definition) is 2. The maximum atomic E-state index is 5.80. The molecule has 0 unspecified atom stereocenters. The number of fused-ring (bicyclic) bond motifs is 1. The van der Waals surface area contributed by atoms with Gasteiger partial charge in [0.1, 0.15) is 17.7 Å². The first-order valence-electron chi connectivity index (χ1n) is 6.45. The molecular weight excluding hydrogens is 270 g/mol. The molecule has 0 saturated heterocycles. The van der Waals surface area contributed by atoms with Gasteiger partial charge in [0.25, 0.3) is 0 Å². The zero-order chi connectivity index (χ0) is 14.7. The van der Waals surface area contributed by atoms with E-state index in [1.807, 2.05) is 24.3 Å². The number of rotatable bonds is 5. The highest BCUT2D eigenvalue weighted by atomic mass is 16.5. The van der Waals surface area contributed by atoms with Crippen LogP contribution in [0.3, 0.4) is 0 Å². The van der Waals surface area contributed by atoms with Crippen molar-refractivity contribution >= 4 is 17.0 Å². The van der Waals surface area contributed by atoms with E-state index in [9.17, 15) is 0 Å². The van der Waals surface area contributed by atoms with Gasteiger partial charge in [-0.05, 0) is 17.7 Å². The number of benzene rings is 1. The number of aromatic nitrogens is 4. The van der Waals surface area contributed by atoms with Crippen molar-refractivity contribution in [3.63, 3.8) is 0 Å². The highest BCUT2D eigenvalue weighted by Crippen LogP contribution is 2.23. The Labute approximate surface area is 121 Å². The van der Waals surface area contributed by atoms with Gasteiger partial charge in [0.2, 0.25) is 11.8 Å². The van der Waals surface area contributed by atoms with Gasteiger partial charge in [0, 0.05) is 7.05 Å². The third kappa shape index (κ3) is 2.71. The molecular formula is C14H15N5O2. The number of H-pyrrole nitrogens is 1. The van der Waals surface area contributed by atoms with E-state index in [1.54, 1.807) is 20.4 Å². The van der Waals surface area contributed by atoms with Gasteiger partial charge in [-0.1, -0.05) is 12.1 Å². The summed E-state index contributed by atoms with van der Waals surface area (Å²) in [6.07, 6.45) is 1.65. The van der Waals surface area contributed by atoms with Gasteiger partial charge < -0.3 is 14.8 Å². The van der Waals surface area contributed by atoms with Crippen molar-refractivity contribution < 1.29 is 9.47 Å². The van der Waals surface area contributed by atoms with Crippen molar-refractivity contribution in [1.82, 2.24) is 20.2 Å². The summed E-state index contributed by atoms with van der Waals surface area (Å²) in [5.74, 6) is 1.76. The summed E-state index contributed by atoms with van der Waals surface area (Å²) < 4.78 is 11.0. The van der Waals surface area contributed by atoms with Gasteiger partial charge in [-0.25, -0.2) is 0 Å². The van der Waals surface area contributed by atoms with Crippen LogP contribution in [0.25, 0.3) is 11.0 Å². The minimum Gasteiger partial charge on any atom is -0.497 e. The van der Waals surface area contributed by atoms with Crippen LogP contribution in [-0.4, -0.2) is 34.3 Å². The largest absolute Gasteiger partial charge is 0.497 e. The fraction of sp³-hybridized carbons (Fsp3) is 0.214. The average molecular weight is 285 g/mol. The molecule has 0 aliphatic heterocycles. The fourth-order valence-electron chi connectivity index (χ4n) is 1.94. The average Bonchev–Trinajstić information content (AvgIpc) is 3.01. The van der Waals surface area contributed by atoms with Crippen molar-refractivity contribution in [2.45, 2.75) is 6.61 Å². The van der Waals surface area contributed by atoms with E-state index in [0.717, 1.165) is 16.7 Å². The van der Waals surface area contributed by atoms with Crippen LogP contribution in [0.1, 0.15) is 5.56 Å². The summed E-state index contributed by atoms with van der Waals surface area (Å²) in [4.78, 5) is 8.57. The SMILES string of the molecule is CNc1nc(OCc2cccc(OC)c2)c2cn[nH]c2n1. The molecule has 0 fully saturated rings. The summed E-state index contributed by atoms with van der Waals surface area (Å²) in [7, 11) is 3.39. The predicted molar refractivity (Wildman–Crippen MR) is 78.6 cm³/mol. The molecule has 2 heterocycles. The Morgan fingerprint density at radius 2 is 2.19 bits per heavy atom. The lowest BCUT2D eigenvalue weighted by Gasteiger charge is -2.08. The minimum atomic E-state index is 0.387. The molecule has 0 saturated carbocycles. The molecule has 2 aromatic heterocycles. The van der Waals surface area contributed by atoms with Crippen molar-refractivity contribution in [3.8, 4) is 11.6 Å². The van der Waals surface area contributed by atoms with Crippen molar-refractivity contribution in [2.75, 3.05) is 19.5 Å². The number of aromatic amines is 1. The van der Waals surface area contributed by atoms with Gasteiger partial charge >= 0.3 is 0 Å². The van der Waals surface area contributed by atoms with Crippen LogP contribution in [0.2, 0.25) is 0 Å². The van der Waals surface area contributed by atoms with Gasteiger partial charge in [0.15, 0.2) is 5.65 Å². The second kappa shape index (κ2) is 5.66. The van der Waals surface area contributed by atoms with Crippen molar-refractivity contribution in [3.05, 3.63) is 36.0 Å². The molecule has 7 heteroatoms. The Morgan fingerprint density at radius 3 is 3.00 bits per heavy atom. The Kier molecular flexibility index (Phi) is 3.55. The summed E-state index contributed by atoms with van der Waals surface area (Å²) in [6.45, 7) is 0.387. The molecule has 0 amide bonds. The second-order valence-corrected chi connectivity index (χ2v) is 4.37. The smallest absolute Gasteiger partial charge is 0.229 e. The highest BCUT2D eigenvalue weighted by molar-refractivity contribution is 5.80. The van der Waals surface area contributed by atoms with E-state index >= 15 is 0 Å². The molecule has 7 nitrogen and oxygen atoms in total. The van der Waals surface area contributed by atoms with E-state index in [1.165, 1.54) is 0 Å². The number of anilines is 1. The van der Waals surface area contributed by atoms with Crippen LogP contribution < -0.4 is 14.8 Å². The Hall–Kier alpha value is -2.83. The first-order valence-corrected chi connectivity index (χ1v) is 6.45. The molecule has 0 bridgehead atoms. The van der Waals surface area contributed by atoms with Gasteiger partial charge in [-0.15, -0.1) is 0 Å². The first-order chi connectivity index (χ1) is 10.3. The lowest BCUT2D eigenvalue weighted by Crippen LogP contribution is -2.02. The molecule has 3 aromatic rings. The van der Waals surface area contributed by atoms with Crippen LogP contribution in [0.4, 0.5) is 5.95 Å². The van der Waals surface area contributed by atoms with E-state index in [4.69, 9.17) is 9.47 Å². The molecule has 2 N–H and O–H groups in total. The molecule has 0 spiro atoms. The van der Waals surface area contributed by atoms with Crippen LogP contribution in [0.15, 0.2) is 30.5 Å². The maximum absolute atomic E-state index is 5.80. The summed E-state index contributed by atoms with van der Waals surface area (Å²) >= 11 is 0. The van der Waals surface area contributed by atoms with Crippen LogP contribution in [0.5, 0.6) is 11.6 Å². The molecule has 3 rings (SSSR count). The quantitative estimate of drug-likeness (QED) is 0.745. The molecule has 21 heavy (non-hydrogen) atoms. The lowest BCUT2D eigenvalue weighted by atomic mass is 10.2. The summed E-state index contributed by atoms with van der Waals surface area (Å²) in [5, 5.41) is 10.4. The van der Waals surface area contributed by atoms with Crippen LogP contribution in [0, 0.1) is 0 Å². The monoisotopic (exact) mass is 285 g/mol. The van der Waals surface area contributed by atoms with E-state index in [2.05, 4.69) is 25.5 Å². The van der Waals surface area contributed by atoms with E-state index < -0.39 is 0 Å². The number of ether oxygens (including phenoxy) is 2. The number of hydrogen-bond acceptors (Lipinski definition) is 6. The Balaban J connectivity index is 1.85. The van der Waals surface area contributed by atoms with Gasteiger partial charge in [-0.2, -0.15) is 15.1 Å². The number of nitrogens with zero attached hydrogens (tertiary/aromatic N) is 3. The minimum absolute atomic E-state index is 0.387. The maximum Gasteiger partial charge on any atom is 0.229 e. The Morgan fingerprint density at radius 1 is 1.29 bits per heavy atom. The van der Waals surface area contributed by atoms with Gasteiger partial charge in [-0.3, -0.25) is 5.10 Å². The lowest BCUT2D eigenvalue weighted by molar-refractivity contribution is 0.297. The molecule has 0 aliphatic carbocycles. The molecule has 108 valence electrons. The third-order valence-electron chi connectivity index (χ3n) is 3.01. The van der Waals surface area contributed by atoms with Crippen LogP contribution in [-0.2, 0) is 6.61 Å². The Bertz CT molecular complexity index is 756. The zero-order valence-electron chi connectivity index (χ0n) is 11.8. The fourth-order valence-corrected chi connectivity index (χ4v) is 1.94. The second-order valence-electron chi connectivity index (χ2n) is 4.37. The summed E-state index contributed by atoms with van der Waals surface area (Å²) in [6, 6.07) is 7.70. The third-order valence-corrected chi connectivity index (χ3v) is 3.01. The molecule has 0 radical (unpaired) electrons. The standard InChI is InChI=1S/C14H15N5O2/c1-15-14-17-12-11(7-16-19-12)13(18-14)21-8-9-4-3-5-10(6-9)20-2/h3-7H,8H2,1-2H3,(H2,15,16,17,18,19). The van der Waals surface area contributed by atoms with Gasteiger partial charge in [0.05, 0.1) is 13.3 Å². The van der Waals surface area contributed by atoms with Crippen molar-refractivity contribution in [2.24, 2.45) is 0 Å². The molecule has 0 atom stereocenters. The first kappa shape index (κ1) is 13.2. The zero-order valence-corrected chi connectivity index (χ0v) is 11.8. The number of nitrogens with one attached hydrogen (secondary N) is 2. The normalized spacial score (nSPS) is 10.6. The van der Waals surface area contributed by atoms with E-state index in [0.29, 0.717) is 24.1 Å². The van der Waals surface area contributed by atoms with Crippen LogP contribution >= 0.6 is 0 Å². The predicted octanol–water partition coefficient (Wildman–Crippen LogP) is 1.98. The van der Waals surface area contributed by atoms with E-state index in [-0.39, 0.29) is 0 Å². The molecule has 1 aromatic carbocycles. The summed E-state index contributed by atoms with van der Waals surface area (Å²) in [5.41, 5.74) is 1.63. The number of methoxy groups -OCH3 is 1. The molecule has 0 aliphatic rings. The topological polar surface area (TPSA) is 85.0 Å². The highest BCUT2D eigenvalue weighted by Gasteiger charge is 2.10.